The standard InChI is InChI=1S/C18H18N2O4/c1-12(19-20-18(22)14-5-7-15(21)8-6-14)2-3-13-4-9-16-17(10-13)24-11-23-16/h4-10,21H,2-3,11H2,1H3,(H,20,22)/b19-12+. The van der Waals surface area contributed by atoms with E-state index in [-0.39, 0.29) is 18.4 Å². The van der Waals surface area contributed by atoms with Gasteiger partial charge in [0, 0.05) is 11.3 Å². The minimum absolute atomic E-state index is 0.120. The topological polar surface area (TPSA) is 80.2 Å². The molecule has 0 aromatic heterocycles. The van der Waals surface area contributed by atoms with Crippen LogP contribution in [0.15, 0.2) is 47.6 Å². The highest BCUT2D eigenvalue weighted by Gasteiger charge is 2.13. The summed E-state index contributed by atoms with van der Waals surface area (Å²) in [7, 11) is 0. The summed E-state index contributed by atoms with van der Waals surface area (Å²) >= 11 is 0. The number of hydrazone groups is 1. The molecule has 3 rings (SSSR count). The number of nitrogens with zero attached hydrogens (tertiary/aromatic N) is 1. The molecule has 2 N–H and O–H groups in total. The van der Waals surface area contributed by atoms with E-state index in [4.69, 9.17) is 9.47 Å². The Labute approximate surface area is 139 Å². The van der Waals surface area contributed by atoms with Crippen molar-refractivity contribution >= 4 is 11.6 Å². The van der Waals surface area contributed by atoms with Crippen LogP contribution >= 0.6 is 0 Å². The predicted octanol–water partition coefficient (Wildman–Crippen LogP) is 2.86. The van der Waals surface area contributed by atoms with Gasteiger partial charge in [0.15, 0.2) is 11.5 Å². The molecule has 0 atom stereocenters. The van der Waals surface area contributed by atoms with Gasteiger partial charge in [0.1, 0.15) is 5.75 Å². The second-order valence-corrected chi connectivity index (χ2v) is 5.52. The van der Waals surface area contributed by atoms with Crippen molar-refractivity contribution in [2.45, 2.75) is 19.8 Å². The zero-order valence-corrected chi connectivity index (χ0v) is 13.3. The lowest BCUT2D eigenvalue weighted by Gasteiger charge is -2.05. The number of fused-ring (bicyclic) bond motifs is 1. The van der Waals surface area contributed by atoms with Crippen LogP contribution in [0.2, 0.25) is 0 Å². The van der Waals surface area contributed by atoms with Gasteiger partial charge in [0.2, 0.25) is 6.79 Å². The Bertz CT molecular complexity index is 769. The lowest BCUT2D eigenvalue weighted by Crippen LogP contribution is -2.19. The fraction of sp³-hybridized carbons (Fsp3) is 0.222. The number of phenols is 1. The van der Waals surface area contributed by atoms with E-state index >= 15 is 0 Å². The number of nitrogens with one attached hydrogen (secondary N) is 1. The number of carbonyl (C=O) groups excluding carboxylic acids is 1. The van der Waals surface area contributed by atoms with Crippen molar-refractivity contribution in [2.24, 2.45) is 5.10 Å². The molecule has 6 heteroatoms. The number of amides is 1. The number of carbonyl (C=O) groups is 1. The Kier molecular flexibility index (Phi) is 4.65. The van der Waals surface area contributed by atoms with Crippen molar-refractivity contribution in [1.29, 1.82) is 0 Å². The maximum Gasteiger partial charge on any atom is 0.271 e. The number of aromatic hydroxyl groups is 1. The minimum atomic E-state index is -0.308. The van der Waals surface area contributed by atoms with Crippen LogP contribution in [-0.2, 0) is 6.42 Å². The minimum Gasteiger partial charge on any atom is -0.508 e. The van der Waals surface area contributed by atoms with Gasteiger partial charge in [-0.2, -0.15) is 5.10 Å². The van der Waals surface area contributed by atoms with E-state index in [9.17, 15) is 9.90 Å². The molecule has 0 bridgehead atoms. The van der Waals surface area contributed by atoms with Gasteiger partial charge >= 0.3 is 0 Å². The van der Waals surface area contributed by atoms with Crippen molar-refractivity contribution in [3.8, 4) is 17.2 Å². The maximum absolute atomic E-state index is 11.9. The number of aryl methyl sites for hydroxylation is 1. The van der Waals surface area contributed by atoms with Gasteiger partial charge in [-0.15, -0.1) is 0 Å². The fourth-order valence-corrected chi connectivity index (χ4v) is 2.30. The zero-order chi connectivity index (χ0) is 16.9. The molecule has 0 radical (unpaired) electrons. The lowest BCUT2D eigenvalue weighted by molar-refractivity contribution is 0.0954. The van der Waals surface area contributed by atoms with E-state index in [1.165, 1.54) is 12.1 Å². The third-order valence-corrected chi connectivity index (χ3v) is 3.69. The first-order valence-electron chi connectivity index (χ1n) is 7.63. The fourth-order valence-electron chi connectivity index (χ4n) is 2.30. The largest absolute Gasteiger partial charge is 0.508 e. The van der Waals surface area contributed by atoms with E-state index in [2.05, 4.69) is 10.5 Å². The molecule has 0 spiro atoms. The van der Waals surface area contributed by atoms with Gasteiger partial charge in [0.05, 0.1) is 0 Å². The highest BCUT2D eigenvalue weighted by Crippen LogP contribution is 2.32. The molecular weight excluding hydrogens is 308 g/mol. The van der Waals surface area contributed by atoms with Crippen LogP contribution < -0.4 is 14.9 Å². The number of phenolic OH excluding ortho intramolecular Hbond substituents is 1. The molecular formula is C18H18N2O4. The Morgan fingerprint density at radius 3 is 2.71 bits per heavy atom. The van der Waals surface area contributed by atoms with Crippen LogP contribution in [0.3, 0.4) is 0 Å². The summed E-state index contributed by atoms with van der Waals surface area (Å²) in [5, 5.41) is 13.3. The summed E-state index contributed by atoms with van der Waals surface area (Å²) in [6, 6.07) is 11.9. The summed E-state index contributed by atoms with van der Waals surface area (Å²) in [6.45, 7) is 2.13. The molecule has 1 amide bonds. The Morgan fingerprint density at radius 2 is 1.92 bits per heavy atom. The summed E-state index contributed by atoms with van der Waals surface area (Å²) in [6.07, 6.45) is 1.51. The molecule has 1 aliphatic rings. The number of rotatable bonds is 5. The van der Waals surface area contributed by atoms with Crippen LogP contribution in [0, 0.1) is 0 Å². The van der Waals surface area contributed by atoms with Gasteiger partial charge in [0.25, 0.3) is 5.91 Å². The third kappa shape index (κ3) is 3.84. The summed E-state index contributed by atoms with van der Waals surface area (Å²) < 4.78 is 10.6. The Balaban J connectivity index is 1.52. The Hall–Kier alpha value is -3.02. The van der Waals surface area contributed by atoms with Gasteiger partial charge in [-0.3, -0.25) is 4.79 Å². The van der Waals surface area contributed by atoms with Gasteiger partial charge < -0.3 is 14.6 Å². The first kappa shape index (κ1) is 15.9. The van der Waals surface area contributed by atoms with Crippen LogP contribution in [0.4, 0.5) is 0 Å². The molecule has 1 heterocycles. The van der Waals surface area contributed by atoms with Crippen molar-refractivity contribution in [1.82, 2.24) is 5.43 Å². The van der Waals surface area contributed by atoms with Crippen molar-refractivity contribution < 1.29 is 19.4 Å². The number of ether oxygens (including phenoxy) is 2. The molecule has 0 aliphatic carbocycles. The first-order valence-corrected chi connectivity index (χ1v) is 7.63. The zero-order valence-electron chi connectivity index (χ0n) is 13.3. The molecule has 124 valence electrons. The normalized spacial score (nSPS) is 13.0. The molecule has 0 saturated heterocycles. The highest BCUT2D eigenvalue weighted by molar-refractivity contribution is 5.95. The molecule has 2 aromatic rings. The van der Waals surface area contributed by atoms with E-state index < -0.39 is 0 Å². The number of hydrogen-bond acceptors (Lipinski definition) is 5. The first-order chi connectivity index (χ1) is 11.6. The molecule has 0 fully saturated rings. The predicted molar refractivity (Wildman–Crippen MR) is 89.6 cm³/mol. The van der Waals surface area contributed by atoms with Crippen LogP contribution in [0.5, 0.6) is 17.2 Å². The van der Waals surface area contributed by atoms with E-state index in [0.29, 0.717) is 5.56 Å². The number of hydrogen-bond donors (Lipinski definition) is 2. The van der Waals surface area contributed by atoms with Gasteiger partial charge in [-0.25, -0.2) is 5.43 Å². The molecule has 1 aliphatic heterocycles. The summed E-state index contributed by atoms with van der Waals surface area (Å²) in [5.41, 5.74) is 4.91. The average Bonchev–Trinajstić information content (AvgIpc) is 3.06. The van der Waals surface area contributed by atoms with Crippen molar-refractivity contribution in [3.63, 3.8) is 0 Å². The average molecular weight is 326 g/mol. The molecule has 24 heavy (non-hydrogen) atoms. The molecule has 2 aromatic carbocycles. The van der Waals surface area contributed by atoms with Crippen molar-refractivity contribution in [2.75, 3.05) is 6.79 Å². The van der Waals surface area contributed by atoms with Crippen LogP contribution in [0.25, 0.3) is 0 Å². The number of benzene rings is 2. The monoisotopic (exact) mass is 326 g/mol. The van der Waals surface area contributed by atoms with E-state index in [1.807, 2.05) is 25.1 Å². The van der Waals surface area contributed by atoms with E-state index in [0.717, 1.165) is 35.6 Å². The quantitative estimate of drug-likeness (QED) is 0.654. The maximum atomic E-state index is 11.9. The lowest BCUT2D eigenvalue weighted by atomic mass is 10.1. The van der Waals surface area contributed by atoms with Crippen LogP contribution in [0.1, 0.15) is 29.3 Å². The smallest absolute Gasteiger partial charge is 0.271 e. The van der Waals surface area contributed by atoms with Crippen molar-refractivity contribution in [3.05, 3.63) is 53.6 Å². The van der Waals surface area contributed by atoms with Crippen LogP contribution in [-0.4, -0.2) is 23.5 Å². The summed E-state index contributed by atoms with van der Waals surface area (Å²) in [5.74, 6) is 1.35. The third-order valence-electron chi connectivity index (χ3n) is 3.69. The van der Waals surface area contributed by atoms with Gasteiger partial charge in [-0.1, -0.05) is 6.07 Å². The molecule has 0 unspecified atom stereocenters. The van der Waals surface area contributed by atoms with E-state index in [1.54, 1.807) is 12.1 Å². The Morgan fingerprint density at radius 1 is 1.17 bits per heavy atom. The van der Waals surface area contributed by atoms with Gasteiger partial charge in [-0.05, 0) is 61.7 Å². The second kappa shape index (κ2) is 7.04. The molecule has 6 nitrogen and oxygen atoms in total. The second-order valence-electron chi connectivity index (χ2n) is 5.52. The SMILES string of the molecule is C/C(CCc1ccc2c(c1)OCO2)=N\NC(=O)c1ccc(O)cc1. The summed E-state index contributed by atoms with van der Waals surface area (Å²) in [4.78, 5) is 11.9. The molecule has 0 saturated carbocycles. The highest BCUT2D eigenvalue weighted by atomic mass is 16.7.